The van der Waals surface area contributed by atoms with Gasteiger partial charge in [-0.1, -0.05) is 103 Å². The summed E-state index contributed by atoms with van der Waals surface area (Å²) in [7, 11) is 0. The van der Waals surface area contributed by atoms with Crippen LogP contribution in [0.25, 0.3) is 61.2 Å². The lowest BCUT2D eigenvalue weighted by atomic mass is 9.89. The van der Waals surface area contributed by atoms with E-state index >= 15 is 0 Å². The minimum absolute atomic E-state index is 1.17. The van der Waals surface area contributed by atoms with Crippen LogP contribution in [0.2, 0.25) is 0 Å². The van der Waals surface area contributed by atoms with Crippen molar-refractivity contribution in [3.05, 3.63) is 157 Å². The normalized spacial score (nSPS) is 13.0. The molecular weight excluding hydrogens is 549 g/mol. The third kappa shape index (κ3) is 6.20. The number of allylic oxidation sites excluding steroid dienone is 2. The zero-order valence-corrected chi connectivity index (χ0v) is 26.0. The lowest BCUT2D eigenvalue weighted by Crippen LogP contribution is -1.92. The van der Waals surface area contributed by atoms with Crippen molar-refractivity contribution in [3.8, 4) is 55.6 Å². The molecule has 0 nitrogen and oxygen atoms in total. The third-order valence-corrected chi connectivity index (χ3v) is 9.42. The standard InChI is InChI=1S/C43H36S/c1-44-43-23-11-22-39(30-43)35-18-10-21-38(26-35)42-28-40(36-19-8-16-33(24-36)31-12-4-2-5-13-31)27-41(29-42)37-20-9-17-34(25-37)32-14-6-3-7-15-32/h2,4-5,8-14,16-30H,3,6-7,15H2,1H3. The fraction of sp³-hybridized carbons (Fsp3) is 0.116. The summed E-state index contributed by atoms with van der Waals surface area (Å²) in [5.74, 6) is 0. The molecule has 1 aliphatic rings. The number of hydrogen-bond acceptors (Lipinski definition) is 1. The van der Waals surface area contributed by atoms with Gasteiger partial charge >= 0.3 is 0 Å². The Kier molecular flexibility index (Phi) is 8.30. The molecule has 6 aromatic rings. The Morgan fingerprint density at radius 2 is 0.818 bits per heavy atom. The summed E-state index contributed by atoms with van der Waals surface area (Å²) in [6.07, 6.45) is 9.52. The van der Waals surface area contributed by atoms with Crippen LogP contribution in [0.1, 0.15) is 31.2 Å². The Hall–Kier alpha value is -4.59. The first-order valence-electron chi connectivity index (χ1n) is 15.6. The van der Waals surface area contributed by atoms with Crippen molar-refractivity contribution >= 4 is 17.3 Å². The summed E-state index contributed by atoms with van der Waals surface area (Å²) in [5, 5.41) is 0. The highest BCUT2D eigenvalue weighted by Gasteiger charge is 2.12. The van der Waals surface area contributed by atoms with Crippen LogP contribution in [0.15, 0.2) is 157 Å². The molecule has 0 unspecified atom stereocenters. The van der Waals surface area contributed by atoms with Crippen LogP contribution in [0, 0.1) is 0 Å². The van der Waals surface area contributed by atoms with Crippen molar-refractivity contribution in [2.45, 2.75) is 30.6 Å². The number of rotatable bonds is 7. The summed E-state index contributed by atoms with van der Waals surface area (Å²) < 4.78 is 0. The van der Waals surface area contributed by atoms with E-state index in [2.05, 4.69) is 158 Å². The molecule has 1 heteroatoms. The molecule has 0 spiro atoms. The Morgan fingerprint density at radius 1 is 0.386 bits per heavy atom. The Balaban J connectivity index is 1.36. The molecule has 7 rings (SSSR count). The molecule has 0 aliphatic heterocycles. The Labute approximate surface area is 266 Å². The zero-order valence-electron chi connectivity index (χ0n) is 25.2. The second kappa shape index (κ2) is 13.0. The topological polar surface area (TPSA) is 0 Å². The van der Waals surface area contributed by atoms with Crippen molar-refractivity contribution in [1.82, 2.24) is 0 Å². The van der Waals surface area contributed by atoms with Gasteiger partial charge in [0.1, 0.15) is 0 Å². The van der Waals surface area contributed by atoms with Crippen molar-refractivity contribution in [3.63, 3.8) is 0 Å². The predicted octanol–water partition coefficient (Wildman–Crippen LogP) is 12.7. The molecule has 0 amide bonds. The maximum absolute atomic E-state index is 2.44. The summed E-state index contributed by atoms with van der Waals surface area (Å²) in [6, 6.07) is 53.7. The van der Waals surface area contributed by atoms with Gasteiger partial charge in [-0.15, -0.1) is 11.8 Å². The molecule has 0 saturated carbocycles. The fourth-order valence-corrected chi connectivity index (χ4v) is 6.78. The largest absolute Gasteiger partial charge is 0.130 e. The van der Waals surface area contributed by atoms with Gasteiger partial charge in [-0.2, -0.15) is 0 Å². The maximum atomic E-state index is 2.44. The minimum atomic E-state index is 1.17. The van der Waals surface area contributed by atoms with Gasteiger partial charge in [0, 0.05) is 4.90 Å². The third-order valence-electron chi connectivity index (χ3n) is 8.69. The van der Waals surface area contributed by atoms with E-state index in [0.717, 1.165) is 0 Å². The first-order valence-corrected chi connectivity index (χ1v) is 16.8. The van der Waals surface area contributed by atoms with E-state index in [4.69, 9.17) is 0 Å². The van der Waals surface area contributed by atoms with Gasteiger partial charge in [-0.3, -0.25) is 0 Å². The Bertz CT molecular complexity index is 1950. The molecule has 0 heterocycles. The second-order valence-corrected chi connectivity index (χ2v) is 12.5. The van der Waals surface area contributed by atoms with Gasteiger partial charge in [0.05, 0.1) is 0 Å². The highest BCUT2D eigenvalue weighted by atomic mass is 32.2. The van der Waals surface area contributed by atoms with Crippen LogP contribution >= 0.6 is 11.8 Å². The molecule has 6 aromatic carbocycles. The lowest BCUT2D eigenvalue weighted by Gasteiger charge is -2.16. The van der Waals surface area contributed by atoms with E-state index < -0.39 is 0 Å². The van der Waals surface area contributed by atoms with Crippen LogP contribution in [0.5, 0.6) is 0 Å². The molecule has 0 bridgehead atoms. The van der Waals surface area contributed by atoms with Gasteiger partial charge < -0.3 is 0 Å². The lowest BCUT2D eigenvalue weighted by molar-refractivity contribution is 0.742. The molecule has 0 aromatic heterocycles. The highest BCUT2D eigenvalue weighted by molar-refractivity contribution is 7.98. The highest BCUT2D eigenvalue weighted by Crippen LogP contribution is 2.37. The average molecular weight is 585 g/mol. The number of thioether (sulfide) groups is 1. The molecule has 0 N–H and O–H groups in total. The van der Waals surface area contributed by atoms with Gasteiger partial charge in [0.2, 0.25) is 0 Å². The van der Waals surface area contributed by atoms with Gasteiger partial charge in [-0.25, -0.2) is 0 Å². The summed E-state index contributed by atoms with van der Waals surface area (Å²) >= 11 is 1.78. The van der Waals surface area contributed by atoms with E-state index in [-0.39, 0.29) is 0 Å². The van der Waals surface area contributed by atoms with Crippen molar-refractivity contribution in [2.24, 2.45) is 0 Å². The van der Waals surface area contributed by atoms with Crippen LogP contribution in [-0.4, -0.2) is 6.26 Å². The maximum Gasteiger partial charge on any atom is 0.00752 e. The molecule has 0 atom stereocenters. The van der Waals surface area contributed by atoms with E-state index in [1.54, 1.807) is 11.8 Å². The van der Waals surface area contributed by atoms with Gasteiger partial charge in [-0.05, 0) is 147 Å². The molecular formula is C43H36S. The number of hydrogen-bond donors (Lipinski definition) is 0. The minimum Gasteiger partial charge on any atom is -0.130 e. The van der Waals surface area contributed by atoms with E-state index in [9.17, 15) is 0 Å². The molecule has 214 valence electrons. The first kappa shape index (κ1) is 28.2. The van der Waals surface area contributed by atoms with Crippen LogP contribution in [0.4, 0.5) is 0 Å². The SMILES string of the molecule is CSc1cccc(-c2cccc(-c3cc(-c4cccc(C5=CCCCC5)c4)cc(-c4cccc(-c5ccccc5)c4)c3)c2)c1. The van der Waals surface area contributed by atoms with Crippen LogP contribution < -0.4 is 0 Å². The zero-order chi connectivity index (χ0) is 29.7. The quantitative estimate of drug-likeness (QED) is 0.168. The van der Waals surface area contributed by atoms with Gasteiger partial charge in [0.25, 0.3) is 0 Å². The van der Waals surface area contributed by atoms with E-state index in [1.165, 1.54) is 97.3 Å². The molecule has 44 heavy (non-hydrogen) atoms. The van der Waals surface area contributed by atoms with Crippen molar-refractivity contribution in [2.75, 3.05) is 6.26 Å². The second-order valence-electron chi connectivity index (χ2n) is 11.6. The average Bonchev–Trinajstić information content (AvgIpc) is 3.12. The summed E-state index contributed by atoms with van der Waals surface area (Å²) in [5.41, 5.74) is 15.2. The van der Waals surface area contributed by atoms with Crippen molar-refractivity contribution < 1.29 is 0 Å². The monoisotopic (exact) mass is 584 g/mol. The van der Waals surface area contributed by atoms with Gasteiger partial charge in [0.15, 0.2) is 0 Å². The fourth-order valence-electron chi connectivity index (χ4n) is 6.32. The number of benzene rings is 6. The predicted molar refractivity (Wildman–Crippen MR) is 192 cm³/mol. The smallest absolute Gasteiger partial charge is 0.00752 e. The van der Waals surface area contributed by atoms with E-state index in [1.807, 2.05) is 0 Å². The molecule has 0 fully saturated rings. The van der Waals surface area contributed by atoms with Crippen LogP contribution in [0.3, 0.4) is 0 Å². The van der Waals surface area contributed by atoms with Crippen molar-refractivity contribution in [1.29, 1.82) is 0 Å². The van der Waals surface area contributed by atoms with Crippen LogP contribution in [-0.2, 0) is 0 Å². The molecule has 0 radical (unpaired) electrons. The summed E-state index contributed by atoms with van der Waals surface area (Å²) in [4.78, 5) is 1.28. The Morgan fingerprint density at radius 3 is 1.36 bits per heavy atom. The first-order chi connectivity index (χ1) is 21.7. The molecule has 0 saturated heterocycles. The van der Waals surface area contributed by atoms with E-state index in [0.29, 0.717) is 0 Å². The molecule has 1 aliphatic carbocycles. The summed E-state index contributed by atoms with van der Waals surface area (Å²) in [6.45, 7) is 0.